The van der Waals surface area contributed by atoms with Crippen molar-refractivity contribution >= 4 is 12.2 Å². The Labute approximate surface area is 67.9 Å². The van der Waals surface area contributed by atoms with Gasteiger partial charge in [0.05, 0.1) is 0 Å². The molecule has 0 heterocycles. The van der Waals surface area contributed by atoms with Crippen LogP contribution in [0.4, 0.5) is 0 Å². The molecule has 0 saturated carbocycles. The van der Waals surface area contributed by atoms with Crippen molar-refractivity contribution < 1.29 is 0 Å². The minimum atomic E-state index is 1.10. The van der Waals surface area contributed by atoms with Gasteiger partial charge in [-0.2, -0.15) is 0 Å². The summed E-state index contributed by atoms with van der Waals surface area (Å²) in [6, 6.07) is 8.44. The van der Waals surface area contributed by atoms with Gasteiger partial charge in [-0.3, -0.25) is 0 Å². The second-order valence-corrected chi connectivity index (χ2v) is 2.53. The van der Waals surface area contributed by atoms with Crippen LogP contribution in [0, 0.1) is 0 Å². The zero-order valence-corrected chi connectivity index (χ0v) is 7.17. The van der Waals surface area contributed by atoms with E-state index in [4.69, 9.17) is 0 Å². The third kappa shape index (κ3) is 1.94. The van der Waals surface area contributed by atoms with E-state index in [0.717, 1.165) is 6.42 Å². The van der Waals surface area contributed by atoms with Gasteiger partial charge in [-0.25, -0.2) is 0 Å². The van der Waals surface area contributed by atoms with E-state index in [9.17, 15) is 0 Å². The first kappa shape index (κ1) is 8.06. The van der Waals surface area contributed by atoms with Crippen molar-refractivity contribution in [3.05, 3.63) is 34.7 Å². The fourth-order valence-electron chi connectivity index (χ4n) is 1.18. The van der Waals surface area contributed by atoms with Gasteiger partial charge in [0.25, 0.3) is 0 Å². The summed E-state index contributed by atoms with van der Waals surface area (Å²) in [6.07, 6.45) is 5.49. The van der Waals surface area contributed by atoms with E-state index in [2.05, 4.69) is 50.3 Å². The molecule has 0 amide bonds. The SMILES string of the molecule is C/C=c1/cccc/c1=C/CC. The van der Waals surface area contributed by atoms with Gasteiger partial charge in [0.2, 0.25) is 0 Å². The molecular formula is C11H14. The lowest BCUT2D eigenvalue weighted by Crippen LogP contribution is -2.22. The summed E-state index contributed by atoms with van der Waals surface area (Å²) >= 11 is 0. The van der Waals surface area contributed by atoms with Crippen molar-refractivity contribution in [3.8, 4) is 0 Å². The maximum Gasteiger partial charge on any atom is -0.0227 e. The smallest absolute Gasteiger partial charge is 0.0227 e. The third-order valence-electron chi connectivity index (χ3n) is 1.73. The summed E-state index contributed by atoms with van der Waals surface area (Å²) in [5.41, 5.74) is 0. The summed E-state index contributed by atoms with van der Waals surface area (Å²) in [6.45, 7) is 4.23. The lowest BCUT2D eigenvalue weighted by atomic mass is 10.2. The predicted octanol–water partition coefficient (Wildman–Crippen LogP) is 1.68. The minimum Gasteiger partial charge on any atom is -0.0798 e. The lowest BCUT2D eigenvalue weighted by molar-refractivity contribution is 1.28. The van der Waals surface area contributed by atoms with Crippen molar-refractivity contribution in [3.63, 3.8) is 0 Å². The molecule has 1 rings (SSSR count). The molecule has 0 spiro atoms. The van der Waals surface area contributed by atoms with Crippen LogP contribution >= 0.6 is 0 Å². The number of benzene rings is 1. The quantitative estimate of drug-likeness (QED) is 0.565. The maximum absolute atomic E-state index is 2.25. The van der Waals surface area contributed by atoms with Crippen molar-refractivity contribution in [2.45, 2.75) is 20.3 Å². The summed E-state index contributed by atoms with van der Waals surface area (Å²) in [5, 5.41) is 2.67. The molecule has 0 nitrogen and oxygen atoms in total. The molecule has 1 aromatic carbocycles. The molecular weight excluding hydrogens is 132 g/mol. The molecule has 0 bridgehead atoms. The molecule has 1 aromatic rings. The monoisotopic (exact) mass is 146 g/mol. The second-order valence-electron chi connectivity index (χ2n) is 2.53. The molecule has 0 unspecified atom stereocenters. The fraction of sp³-hybridized carbons (Fsp3) is 0.273. The Balaban J connectivity index is 3.37. The van der Waals surface area contributed by atoms with E-state index >= 15 is 0 Å². The lowest BCUT2D eigenvalue weighted by Gasteiger charge is -1.87. The number of hydrogen-bond acceptors (Lipinski definition) is 0. The van der Waals surface area contributed by atoms with Crippen molar-refractivity contribution in [1.82, 2.24) is 0 Å². The molecule has 0 fully saturated rings. The van der Waals surface area contributed by atoms with Crippen molar-refractivity contribution in [1.29, 1.82) is 0 Å². The summed E-state index contributed by atoms with van der Waals surface area (Å²) in [4.78, 5) is 0. The zero-order valence-electron chi connectivity index (χ0n) is 7.17. The van der Waals surface area contributed by atoms with Gasteiger partial charge in [-0.05, 0) is 23.8 Å². The van der Waals surface area contributed by atoms with E-state index in [1.165, 1.54) is 10.4 Å². The van der Waals surface area contributed by atoms with Gasteiger partial charge in [0.15, 0.2) is 0 Å². The Hall–Kier alpha value is -1.04. The molecule has 0 aliphatic carbocycles. The van der Waals surface area contributed by atoms with Crippen LogP contribution < -0.4 is 10.4 Å². The average molecular weight is 146 g/mol. The highest BCUT2D eigenvalue weighted by Crippen LogP contribution is 1.76. The topological polar surface area (TPSA) is 0 Å². The van der Waals surface area contributed by atoms with Crippen LogP contribution in [0.5, 0.6) is 0 Å². The van der Waals surface area contributed by atoms with Crippen molar-refractivity contribution in [2.75, 3.05) is 0 Å². The van der Waals surface area contributed by atoms with Gasteiger partial charge in [-0.1, -0.05) is 43.3 Å². The van der Waals surface area contributed by atoms with Crippen LogP contribution in [0.25, 0.3) is 12.2 Å². The largest absolute Gasteiger partial charge is 0.0798 e. The summed E-state index contributed by atoms with van der Waals surface area (Å²) in [5.74, 6) is 0. The Morgan fingerprint density at radius 2 is 1.82 bits per heavy atom. The van der Waals surface area contributed by atoms with Crippen LogP contribution in [0.3, 0.4) is 0 Å². The molecule has 0 aromatic heterocycles. The van der Waals surface area contributed by atoms with Crippen LogP contribution in [0.1, 0.15) is 20.3 Å². The van der Waals surface area contributed by atoms with Crippen LogP contribution in [-0.2, 0) is 0 Å². The first-order valence-electron chi connectivity index (χ1n) is 4.10. The second kappa shape index (κ2) is 3.97. The van der Waals surface area contributed by atoms with Crippen LogP contribution in [0.2, 0.25) is 0 Å². The van der Waals surface area contributed by atoms with Crippen LogP contribution in [0.15, 0.2) is 24.3 Å². The van der Waals surface area contributed by atoms with E-state index in [1.807, 2.05) is 0 Å². The molecule has 0 saturated heterocycles. The highest BCUT2D eigenvalue weighted by atomic mass is 13.8. The Kier molecular flexibility index (Phi) is 2.91. The van der Waals surface area contributed by atoms with Crippen LogP contribution in [-0.4, -0.2) is 0 Å². The fourth-order valence-corrected chi connectivity index (χ4v) is 1.18. The molecule has 0 heteroatoms. The molecule has 58 valence electrons. The first-order chi connectivity index (χ1) is 5.38. The standard InChI is InChI=1S/C11H14/c1-3-7-11-9-6-5-8-10(11)4-2/h4-9H,3H2,1-2H3/b10-4-,11-7-. The Morgan fingerprint density at radius 3 is 2.36 bits per heavy atom. The van der Waals surface area contributed by atoms with Gasteiger partial charge < -0.3 is 0 Å². The highest BCUT2D eigenvalue weighted by molar-refractivity contribution is 5.29. The van der Waals surface area contributed by atoms with Gasteiger partial charge in [0, 0.05) is 0 Å². The average Bonchev–Trinajstić information content (AvgIpc) is 2.06. The first-order valence-corrected chi connectivity index (χ1v) is 4.10. The summed E-state index contributed by atoms with van der Waals surface area (Å²) in [7, 11) is 0. The number of rotatable bonds is 1. The molecule has 0 radical (unpaired) electrons. The Bertz CT molecular complexity index is 320. The molecule has 11 heavy (non-hydrogen) atoms. The number of hydrogen-bond donors (Lipinski definition) is 0. The predicted molar refractivity (Wildman–Crippen MR) is 50.6 cm³/mol. The molecule has 0 aliphatic heterocycles. The Morgan fingerprint density at radius 1 is 1.18 bits per heavy atom. The highest BCUT2D eigenvalue weighted by Gasteiger charge is 1.79. The normalized spacial score (nSPS) is 14.0. The molecule has 0 aliphatic rings. The van der Waals surface area contributed by atoms with Gasteiger partial charge >= 0.3 is 0 Å². The maximum atomic E-state index is 2.25. The minimum absolute atomic E-state index is 1.10. The zero-order chi connectivity index (χ0) is 8.10. The van der Waals surface area contributed by atoms with E-state index in [1.54, 1.807) is 0 Å². The van der Waals surface area contributed by atoms with E-state index < -0.39 is 0 Å². The van der Waals surface area contributed by atoms with E-state index in [0.29, 0.717) is 0 Å². The molecule has 0 atom stereocenters. The third-order valence-corrected chi connectivity index (χ3v) is 1.73. The van der Waals surface area contributed by atoms with Gasteiger partial charge in [-0.15, -0.1) is 0 Å². The van der Waals surface area contributed by atoms with Crippen molar-refractivity contribution in [2.24, 2.45) is 0 Å². The van der Waals surface area contributed by atoms with E-state index in [-0.39, 0.29) is 0 Å². The molecule has 0 N–H and O–H groups in total. The van der Waals surface area contributed by atoms with Gasteiger partial charge in [0.1, 0.15) is 0 Å². The summed E-state index contributed by atoms with van der Waals surface area (Å²) < 4.78 is 0.